The minimum Gasteiger partial charge on any atom is -0.461 e. The highest BCUT2D eigenvalue weighted by Gasteiger charge is 2.23. The smallest absolute Gasteiger partial charge is 0.198 e. The minimum absolute atomic E-state index is 0.522. The van der Waals surface area contributed by atoms with Gasteiger partial charge in [-0.3, -0.25) is 0 Å². The molecule has 1 N–H and O–H groups in total. The minimum atomic E-state index is 0.522. The molecule has 1 aliphatic carbocycles. The molecule has 100 valence electrons. The number of aromatic nitrogens is 2. The Labute approximate surface area is 120 Å². The number of hydrogen-bond donors (Lipinski definition) is 1. The van der Waals surface area contributed by atoms with E-state index in [1.807, 2.05) is 30.3 Å². The second-order valence-corrected chi connectivity index (χ2v) is 5.39. The summed E-state index contributed by atoms with van der Waals surface area (Å²) < 4.78 is 5.39. The van der Waals surface area contributed by atoms with Crippen molar-refractivity contribution in [1.29, 1.82) is 0 Å². The van der Waals surface area contributed by atoms with Crippen LogP contribution in [0.5, 0.6) is 0 Å². The van der Waals surface area contributed by atoms with E-state index in [0.29, 0.717) is 22.6 Å². The summed E-state index contributed by atoms with van der Waals surface area (Å²) in [6, 6.07) is 9.87. The molecule has 2 heterocycles. The largest absolute Gasteiger partial charge is 0.461 e. The molecule has 1 saturated carbocycles. The van der Waals surface area contributed by atoms with E-state index in [9.17, 15) is 0 Å². The van der Waals surface area contributed by atoms with Gasteiger partial charge < -0.3 is 9.73 Å². The van der Waals surface area contributed by atoms with Crippen LogP contribution >= 0.6 is 11.6 Å². The van der Waals surface area contributed by atoms with Gasteiger partial charge in [-0.2, -0.15) is 0 Å². The molecule has 20 heavy (non-hydrogen) atoms. The standard InChI is InChI=1S/C15H12ClN3O/c16-9-3-6-11-12(8-9)18-15(13-2-1-7-20-13)19-14(11)17-10-4-5-10/h1-3,6-8,10H,4-5H2,(H,17,18,19). The summed E-state index contributed by atoms with van der Waals surface area (Å²) in [4.78, 5) is 9.13. The van der Waals surface area contributed by atoms with Gasteiger partial charge >= 0.3 is 0 Å². The van der Waals surface area contributed by atoms with Crippen LogP contribution in [0.3, 0.4) is 0 Å². The third-order valence-electron chi connectivity index (χ3n) is 3.32. The Kier molecular flexibility index (Phi) is 2.63. The summed E-state index contributed by atoms with van der Waals surface area (Å²) >= 11 is 6.06. The molecule has 0 spiro atoms. The molecule has 1 aliphatic rings. The summed E-state index contributed by atoms with van der Waals surface area (Å²) in [6.45, 7) is 0. The fourth-order valence-corrected chi connectivity index (χ4v) is 2.32. The zero-order valence-corrected chi connectivity index (χ0v) is 11.4. The fraction of sp³-hybridized carbons (Fsp3) is 0.200. The molecular weight excluding hydrogens is 274 g/mol. The van der Waals surface area contributed by atoms with Crippen LogP contribution in [0.15, 0.2) is 41.0 Å². The molecule has 1 fully saturated rings. The number of rotatable bonds is 3. The van der Waals surface area contributed by atoms with E-state index in [1.165, 1.54) is 12.8 Å². The SMILES string of the molecule is Clc1ccc2c(NC3CC3)nc(-c3ccco3)nc2c1. The van der Waals surface area contributed by atoms with Gasteiger partial charge in [-0.05, 0) is 43.2 Å². The average Bonchev–Trinajstić information content (AvgIpc) is 3.08. The molecule has 5 heteroatoms. The summed E-state index contributed by atoms with van der Waals surface area (Å²) in [7, 11) is 0. The summed E-state index contributed by atoms with van der Waals surface area (Å²) in [5, 5.41) is 5.09. The van der Waals surface area contributed by atoms with E-state index in [-0.39, 0.29) is 0 Å². The maximum absolute atomic E-state index is 6.06. The molecular formula is C15H12ClN3O. The van der Waals surface area contributed by atoms with Crippen molar-refractivity contribution in [2.45, 2.75) is 18.9 Å². The predicted molar refractivity (Wildman–Crippen MR) is 78.9 cm³/mol. The number of anilines is 1. The van der Waals surface area contributed by atoms with Gasteiger partial charge in [0.1, 0.15) is 5.82 Å². The van der Waals surface area contributed by atoms with Crippen LogP contribution in [-0.2, 0) is 0 Å². The average molecular weight is 286 g/mol. The number of halogens is 1. The molecule has 4 nitrogen and oxygen atoms in total. The van der Waals surface area contributed by atoms with E-state index in [0.717, 1.165) is 16.7 Å². The zero-order valence-electron chi connectivity index (χ0n) is 10.6. The highest BCUT2D eigenvalue weighted by molar-refractivity contribution is 6.31. The third-order valence-corrected chi connectivity index (χ3v) is 3.55. The van der Waals surface area contributed by atoms with E-state index in [1.54, 1.807) is 6.26 Å². The van der Waals surface area contributed by atoms with Crippen molar-refractivity contribution >= 4 is 28.3 Å². The van der Waals surface area contributed by atoms with Crippen molar-refractivity contribution in [3.8, 4) is 11.6 Å². The molecule has 0 amide bonds. The normalized spacial score (nSPS) is 14.7. The Morgan fingerprint density at radius 1 is 1.20 bits per heavy atom. The number of nitrogens with one attached hydrogen (secondary N) is 1. The maximum Gasteiger partial charge on any atom is 0.198 e. The van der Waals surface area contributed by atoms with Gasteiger partial charge in [0, 0.05) is 16.5 Å². The zero-order chi connectivity index (χ0) is 13.5. The topological polar surface area (TPSA) is 51.0 Å². The third kappa shape index (κ3) is 2.12. The van der Waals surface area contributed by atoms with Crippen molar-refractivity contribution in [2.75, 3.05) is 5.32 Å². The number of hydrogen-bond acceptors (Lipinski definition) is 4. The fourth-order valence-electron chi connectivity index (χ4n) is 2.15. The first kappa shape index (κ1) is 11.7. The lowest BCUT2D eigenvalue weighted by Crippen LogP contribution is -2.05. The Morgan fingerprint density at radius 3 is 2.85 bits per heavy atom. The number of fused-ring (bicyclic) bond motifs is 1. The van der Waals surface area contributed by atoms with Crippen molar-refractivity contribution in [3.05, 3.63) is 41.6 Å². The Morgan fingerprint density at radius 2 is 2.10 bits per heavy atom. The van der Waals surface area contributed by atoms with Crippen LogP contribution in [0.25, 0.3) is 22.5 Å². The molecule has 0 aliphatic heterocycles. The first-order valence-electron chi connectivity index (χ1n) is 6.57. The van der Waals surface area contributed by atoms with E-state index in [2.05, 4.69) is 15.3 Å². The van der Waals surface area contributed by atoms with Gasteiger partial charge in [-0.15, -0.1) is 0 Å². The molecule has 4 rings (SSSR count). The summed E-state index contributed by atoms with van der Waals surface area (Å²) in [6.07, 6.45) is 4.00. The van der Waals surface area contributed by atoms with Gasteiger partial charge in [-0.1, -0.05) is 11.6 Å². The molecule has 0 radical (unpaired) electrons. The molecule has 0 atom stereocenters. The predicted octanol–water partition coefficient (Wildman–Crippen LogP) is 4.12. The lowest BCUT2D eigenvalue weighted by molar-refractivity contribution is 0.577. The molecule has 1 aromatic carbocycles. The van der Waals surface area contributed by atoms with E-state index in [4.69, 9.17) is 16.0 Å². The van der Waals surface area contributed by atoms with Crippen LogP contribution in [0.1, 0.15) is 12.8 Å². The van der Waals surface area contributed by atoms with Gasteiger partial charge in [-0.25, -0.2) is 9.97 Å². The Hall–Kier alpha value is -2.07. The number of furan rings is 1. The molecule has 2 aromatic heterocycles. The van der Waals surface area contributed by atoms with Crippen LogP contribution < -0.4 is 5.32 Å². The lowest BCUT2D eigenvalue weighted by atomic mass is 10.2. The van der Waals surface area contributed by atoms with Crippen LogP contribution in [-0.4, -0.2) is 16.0 Å². The number of nitrogens with zero attached hydrogens (tertiary/aromatic N) is 2. The summed E-state index contributed by atoms with van der Waals surface area (Å²) in [5.74, 6) is 2.08. The first-order chi connectivity index (χ1) is 9.79. The summed E-state index contributed by atoms with van der Waals surface area (Å²) in [5.41, 5.74) is 0.821. The van der Waals surface area contributed by atoms with Gasteiger partial charge in [0.05, 0.1) is 11.8 Å². The highest BCUT2D eigenvalue weighted by Crippen LogP contribution is 2.31. The van der Waals surface area contributed by atoms with Gasteiger partial charge in [0.2, 0.25) is 0 Å². The monoisotopic (exact) mass is 285 g/mol. The quantitative estimate of drug-likeness (QED) is 0.786. The number of benzene rings is 1. The molecule has 3 aromatic rings. The molecule has 0 bridgehead atoms. The second-order valence-electron chi connectivity index (χ2n) is 4.95. The van der Waals surface area contributed by atoms with Gasteiger partial charge in [0.25, 0.3) is 0 Å². The van der Waals surface area contributed by atoms with Crippen molar-refractivity contribution < 1.29 is 4.42 Å². The van der Waals surface area contributed by atoms with Crippen LogP contribution in [0.2, 0.25) is 5.02 Å². The van der Waals surface area contributed by atoms with E-state index >= 15 is 0 Å². The maximum atomic E-state index is 6.06. The van der Waals surface area contributed by atoms with Crippen LogP contribution in [0, 0.1) is 0 Å². The second kappa shape index (κ2) is 4.49. The molecule has 0 unspecified atom stereocenters. The lowest BCUT2D eigenvalue weighted by Gasteiger charge is -2.09. The highest BCUT2D eigenvalue weighted by atomic mass is 35.5. The van der Waals surface area contributed by atoms with Crippen molar-refractivity contribution in [2.24, 2.45) is 0 Å². The van der Waals surface area contributed by atoms with Crippen molar-refractivity contribution in [1.82, 2.24) is 9.97 Å². The Balaban J connectivity index is 1.92. The van der Waals surface area contributed by atoms with Crippen LogP contribution in [0.4, 0.5) is 5.82 Å². The van der Waals surface area contributed by atoms with Gasteiger partial charge in [0.15, 0.2) is 11.6 Å². The van der Waals surface area contributed by atoms with E-state index < -0.39 is 0 Å². The van der Waals surface area contributed by atoms with Crippen molar-refractivity contribution in [3.63, 3.8) is 0 Å². The first-order valence-corrected chi connectivity index (χ1v) is 6.95. The molecule has 0 saturated heterocycles. The Bertz CT molecular complexity index is 766.